The molecule has 6 heteroatoms. The zero-order valence-electron chi connectivity index (χ0n) is 53.8. The summed E-state index contributed by atoms with van der Waals surface area (Å²) in [5, 5.41) is 0. The minimum Gasteiger partial charge on any atom is -0.462 e. The number of ether oxygens (including phenoxy) is 3. The van der Waals surface area contributed by atoms with Crippen molar-refractivity contribution in [1.82, 2.24) is 0 Å². The van der Waals surface area contributed by atoms with Gasteiger partial charge in [-0.25, -0.2) is 0 Å². The fraction of sp³-hybridized carbons (Fsp3) is 0.773. The molecule has 0 aliphatic rings. The summed E-state index contributed by atoms with van der Waals surface area (Å²) >= 11 is 0. The molecule has 0 bridgehead atoms. The second-order valence-electron chi connectivity index (χ2n) is 23.4. The molecule has 0 aromatic heterocycles. The lowest BCUT2D eigenvalue weighted by atomic mass is 10.0. The molecular formula is C75H132O6. The zero-order valence-corrected chi connectivity index (χ0v) is 53.8. The summed E-state index contributed by atoms with van der Waals surface area (Å²) in [6, 6.07) is 0. The lowest BCUT2D eigenvalue weighted by Gasteiger charge is -2.18. The molecule has 468 valence electrons. The summed E-state index contributed by atoms with van der Waals surface area (Å²) in [5.74, 6) is -0.937. The van der Waals surface area contributed by atoms with Gasteiger partial charge in [-0.3, -0.25) is 14.4 Å². The van der Waals surface area contributed by atoms with E-state index in [2.05, 4.69) is 106 Å². The Morgan fingerprint density at radius 1 is 0.259 bits per heavy atom. The summed E-state index contributed by atoms with van der Waals surface area (Å²) in [6.45, 7) is 6.46. The van der Waals surface area contributed by atoms with Crippen LogP contribution in [0.5, 0.6) is 0 Å². The van der Waals surface area contributed by atoms with E-state index in [9.17, 15) is 14.4 Å². The highest BCUT2D eigenvalue weighted by atomic mass is 16.6. The molecule has 0 saturated heterocycles. The van der Waals surface area contributed by atoms with Gasteiger partial charge in [-0.15, -0.1) is 0 Å². The second-order valence-corrected chi connectivity index (χ2v) is 23.4. The van der Waals surface area contributed by atoms with E-state index in [4.69, 9.17) is 14.2 Å². The number of rotatable bonds is 64. The van der Waals surface area contributed by atoms with Crippen molar-refractivity contribution >= 4 is 17.9 Å². The zero-order chi connectivity index (χ0) is 58.5. The topological polar surface area (TPSA) is 78.9 Å². The van der Waals surface area contributed by atoms with E-state index in [1.54, 1.807) is 0 Å². The highest BCUT2D eigenvalue weighted by molar-refractivity contribution is 5.71. The average Bonchev–Trinajstić information content (AvgIpc) is 3.47. The summed E-state index contributed by atoms with van der Waals surface area (Å²) in [6.07, 6.45) is 92.2. The highest BCUT2D eigenvalue weighted by Gasteiger charge is 2.19. The maximum Gasteiger partial charge on any atom is 0.306 e. The van der Waals surface area contributed by atoms with Crippen molar-refractivity contribution in [3.63, 3.8) is 0 Å². The van der Waals surface area contributed by atoms with Gasteiger partial charge in [-0.1, -0.05) is 331 Å². The van der Waals surface area contributed by atoms with Crippen LogP contribution in [0.15, 0.2) is 85.1 Å². The molecule has 1 atom stereocenters. The van der Waals surface area contributed by atoms with Crippen molar-refractivity contribution in [1.29, 1.82) is 0 Å². The Bertz CT molecular complexity index is 1530. The summed E-state index contributed by atoms with van der Waals surface area (Å²) < 4.78 is 16.9. The smallest absolute Gasteiger partial charge is 0.306 e. The molecule has 81 heavy (non-hydrogen) atoms. The predicted molar refractivity (Wildman–Crippen MR) is 353 cm³/mol. The van der Waals surface area contributed by atoms with Gasteiger partial charge >= 0.3 is 17.9 Å². The third-order valence-electron chi connectivity index (χ3n) is 15.4. The summed E-state index contributed by atoms with van der Waals surface area (Å²) in [5.41, 5.74) is 0. The van der Waals surface area contributed by atoms with E-state index in [0.717, 1.165) is 109 Å². The van der Waals surface area contributed by atoms with Crippen molar-refractivity contribution in [2.45, 2.75) is 361 Å². The Kier molecular flexibility index (Phi) is 66.2. The van der Waals surface area contributed by atoms with Crippen molar-refractivity contribution in [3.05, 3.63) is 85.1 Å². The Hall–Kier alpha value is -3.41. The average molecular weight is 1130 g/mol. The molecule has 0 spiro atoms. The minimum absolute atomic E-state index is 0.0945. The Morgan fingerprint density at radius 2 is 0.506 bits per heavy atom. The minimum atomic E-state index is -0.803. The third-order valence-corrected chi connectivity index (χ3v) is 15.4. The molecule has 6 nitrogen and oxygen atoms in total. The van der Waals surface area contributed by atoms with Crippen LogP contribution in [0.2, 0.25) is 0 Å². The molecule has 0 fully saturated rings. The molecule has 0 rings (SSSR count). The number of hydrogen-bond donors (Lipinski definition) is 0. The SMILES string of the molecule is CC/C=C\C/C=C\C/C=C\C/C=C\C/C=C\C/C=C\CCCCC(=O)OC(COC(=O)CCCCCCC/C=C\CCC)COC(=O)CCCCCCCCCCCCCCCCCCCCCCCCCCCCCCCCCC. The first-order valence-electron chi connectivity index (χ1n) is 35.1. The highest BCUT2D eigenvalue weighted by Crippen LogP contribution is 2.18. The van der Waals surface area contributed by atoms with Gasteiger partial charge in [0, 0.05) is 19.3 Å². The third kappa shape index (κ3) is 67.3. The number of carbonyl (C=O) groups is 3. The van der Waals surface area contributed by atoms with Gasteiger partial charge < -0.3 is 14.2 Å². The van der Waals surface area contributed by atoms with Gasteiger partial charge in [0.1, 0.15) is 13.2 Å². The van der Waals surface area contributed by atoms with Crippen molar-refractivity contribution in [2.24, 2.45) is 0 Å². The number of hydrogen-bond acceptors (Lipinski definition) is 6. The Labute approximate surface area is 503 Å². The van der Waals surface area contributed by atoms with Crippen LogP contribution < -0.4 is 0 Å². The molecule has 0 aromatic rings. The van der Waals surface area contributed by atoms with Gasteiger partial charge in [0.05, 0.1) is 0 Å². The van der Waals surface area contributed by atoms with E-state index < -0.39 is 6.10 Å². The fourth-order valence-electron chi connectivity index (χ4n) is 10.2. The van der Waals surface area contributed by atoms with E-state index in [1.807, 2.05) is 0 Å². The van der Waals surface area contributed by atoms with E-state index in [0.29, 0.717) is 19.3 Å². The van der Waals surface area contributed by atoms with Crippen LogP contribution in [0.3, 0.4) is 0 Å². The van der Waals surface area contributed by atoms with Gasteiger partial charge in [-0.2, -0.15) is 0 Å². The largest absolute Gasteiger partial charge is 0.462 e. The van der Waals surface area contributed by atoms with Crippen LogP contribution in [0.1, 0.15) is 355 Å². The maximum absolute atomic E-state index is 12.9. The second kappa shape index (κ2) is 69.1. The lowest BCUT2D eigenvalue weighted by Crippen LogP contribution is -2.30. The van der Waals surface area contributed by atoms with Crippen molar-refractivity contribution < 1.29 is 28.6 Å². The monoisotopic (exact) mass is 1130 g/mol. The van der Waals surface area contributed by atoms with Crippen LogP contribution in [0, 0.1) is 0 Å². The molecule has 1 unspecified atom stereocenters. The quantitative estimate of drug-likeness (QED) is 0.0261. The Morgan fingerprint density at radius 3 is 0.840 bits per heavy atom. The predicted octanol–water partition coefficient (Wildman–Crippen LogP) is 24.2. The van der Waals surface area contributed by atoms with Crippen LogP contribution in [-0.2, 0) is 28.6 Å². The molecular weight excluding hydrogens is 997 g/mol. The maximum atomic E-state index is 12.9. The molecule has 0 aliphatic carbocycles. The van der Waals surface area contributed by atoms with E-state index in [1.165, 1.54) is 199 Å². The molecule has 0 saturated carbocycles. The van der Waals surface area contributed by atoms with Crippen molar-refractivity contribution in [3.8, 4) is 0 Å². The lowest BCUT2D eigenvalue weighted by molar-refractivity contribution is -0.167. The van der Waals surface area contributed by atoms with Crippen LogP contribution in [0.4, 0.5) is 0 Å². The number of carbonyl (C=O) groups excluding carboxylic acids is 3. The summed E-state index contributed by atoms with van der Waals surface area (Å²) in [4.78, 5) is 38.3. The van der Waals surface area contributed by atoms with Crippen LogP contribution in [0.25, 0.3) is 0 Å². The van der Waals surface area contributed by atoms with Gasteiger partial charge in [0.2, 0.25) is 0 Å². The normalized spacial score (nSPS) is 12.6. The first kappa shape index (κ1) is 77.6. The van der Waals surface area contributed by atoms with Gasteiger partial charge in [-0.05, 0) is 89.9 Å². The molecule has 0 aliphatic heterocycles. The number of allylic oxidation sites excluding steroid dienone is 14. The van der Waals surface area contributed by atoms with Crippen LogP contribution in [-0.4, -0.2) is 37.2 Å². The van der Waals surface area contributed by atoms with Crippen molar-refractivity contribution in [2.75, 3.05) is 13.2 Å². The van der Waals surface area contributed by atoms with E-state index in [-0.39, 0.29) is 37.5 Å². The number of unbranched alkanes of at least 4 members (excludes halogenated alkanes) is 39. The summed E-state index contributed by atoms with van der Waals surface area (Å²) in [7, 11) is 0. The van der Waals surface area contributed by atoms with E-state index >= 15 is 0 Å². The Balaban J connectivity index is 4.15. The molecule has 0 radical (unpaired) electrons. The molecule has 0 N–H and O–H groups in total. The number of esters is 3. The first-order valence-corrected chi connectivity index (χ1v) is 35.1. The fourth-order valence-corrected chi connectivity index (χ4v) is 10.2. The van der Waals surface area contributed by atoms with Gasteiger partial charge in [0.15, 0.2) is 6.10 Å². The molecule has 0 heterocycles. The molecule has 0 amide bonds. The van der Waals surface area contributed by atoms with Gasteiger partial charge in [0.25, 0.3) is 0 Å². The van der Waals surface area contributed by atoms with Crippen LogP contribution >= 0.6 is 0 Å². The molecule has 0 aromatic carbocycles. The first-order chi connectivity index (χ1) is 40.0. The standard InChI is InChI=1S/C75H132O6/c1-4-7-10-13-16-19-22-24-26-28-30-32-33-34-35-36-37-38-39-40-41-42-44-45-47-49-51-53-56-59-62-65-68-74(77)80-71-72(70-79-73(76)67-64-61-58-55-21-18-15-12-9-6-3)81-75(78)69-66-63-60-57-54-52-50-48-46-43-31-29-27-25-23-20-17-14-11-8-5-2/h8,11-12,15,17,20,25,27,31,43,48,50,54,57,72H,4-7,9-10,13-14,16,18-19,21-24,26,28-30,32-42,44-47,49,51-53,55-56,58-71H2,1-3H3/b11-8-,15-12-,20-17-,27-25-,43-31-,50-48-,57-54-.